The average Bonchev–Trinajstić information content (AvgIpc) is 2.76. The summed E-state index contributed by atoms with van der Waals surface area (Å²) in [4.78, 5) is 8.60. The van der Waals surface area contributed by atoms with Gasteiger partial charge in [-0.1, -0.05) is 11.8 Å². The monoisotopic (exact) mass is 602 g/mol. The molecule has 0 fully saturated rings. The number of aromatic nitrogens is 2. The molecule has 38 heavy (non-hydrogen) atoms. The summed E-state index contributed by atoms with van der Waals surface area (Å²) in [6.07, 6.45) is 0.412. The molecule has 222 valence electrons. The van der Waals surface area contributed by atoms with Crippen molar-refractivity contribution in [2.45, 2.75) is 85.0 Å². The molecule has 0 unspecified atom stereocenters. The van der Waals surface area contributed by atoms with Gasteiger partial charge in [0.1, 0.15) is 25.9 Å². The Kier molecular flexibility index (Phi) is 16.6. The zero-order chi connectivity index (χ0) is 28.8. The Labute approximate surface area is 231 Å². The number of rotatable bonds is 21. The summed E-state index contributed by atoms with van der Waals surface area (Å²) < 4.78 is 69.8. The van der Waals surface area contributed by atoms with Crippen molar-refractivity contribution in [2.24, 2.45) is 0 Å². The molecular formula is C23H44N2O10P2S. The zero-order valence-electron chi connectivity index (χ0n) is 23.9. The molecule has 1 aromatic heterocycles. The third-order valence-electron chi connectivity index (χ3n) is 3.78. The Hall–Kier alpha value is -0.750. The van der Waals surface area contributed by atoms with Crippen LogP contribution in [0.3, 0.4) is 0 Å². The molecule has 0 N–H and O–H groups in total. The maximum absolute atomic E-state index is 12.8. The minimum absolute atomic E-state index is 0.145. The van der Waals surface area contributed by atoms with Crippen molar-refractivity contribution in [3.05, 3.63) is 6.07 Å². The van der Waals surface area contributed by atoms with Crippen molar-refractivity contribution >= 4 is 27.0 Å². The van der Waals surface area contributed by atoms with E-state index in [2.05, 4.69) is 9.97 Å². The molecule has 0 aliphatic heterocycles. The van der Waals surface area contributed by atoms with Crippen molar-refractivity contribution in [1.29, 1.82) is 0 Å². The highest BCUT2D eigenvalue weighted by Crippen LogP contribution is 2.51. The molecule has 1 heterocycles. The summed E-state index contributed by atoms with van der Waals surface area (Å²) >= 11 is 1.33. The molecule has 0 atom stereocenters. The summed E-state index contributed by atoms with van der Waals surface area (Å²) in [7, 11) is -6.76. The summed E-state index contributed by atoms with van der Waals surface area (Å²) in [6, 6.07) is 1.54. The van der Waals surface area contributed by atoms with Gasteiger partial charge in [0.05, 0.1) is 43.7 Å². The van der Waals surface area contributed by atoms with E-state index >= 15 is 0 Å². The van der Waals surface area contributed by atoms with Gasteiger partial charge in [-0.25, -0.2) is 0 Å². The molecule has 0 aliphatic carbocycles. The molecule has 12 nitrogen and oxygen atoms in total. The molecule has 0 saturated heterocycles. The van der Waals surface area contributed by atoms with Gasteiger partial charge in [0, 0.05) is 0 Å². The highest BCUT2D eigenvalue weighted by molar-refractivity contribution is 7.98. The van der Waals surface area contributed by atoms with Crippen molar-refractivity contribution in [3.8, 4) is 11.8 Å². The van der Waals surface area contributed by atoms with Crippen molar-refractivity contribution in [1.82, 2.24) is 9.97 Å². The third kappa shape index (κ3) is 15.7. The zero-order valence-corrected chi connectivity index (χ0v) is 26.5. The van der Waals surface area contributed by atoms with Crippen LogP contribution in [0.4, 0.5) is 0 Å². The fraction of sp³-hybridized carbons (Fsp3) is 0.826. The molecule has 1 rings (SSSR count). The standard InChI is InChI=1S/C23H44N2O10P2S/c1-17(2)32-36(26,33-18(3)4)15-28-10-12-30-21-14-22(25-23(24-21)38-9)31-13-11-29-16-37(27,34-19(5)6)35-20(7)8/h14,17-20H,10-13,15-16H2,1-9H3. The molecule has 15 heteroatoms. The Morgan fingerprint density at radius 2 is 1.00 bits per heavy atom. The van der Waals surface area contributed by atoms with Crippen molar-refractivity contribution in [3.63, 3.8) is 0 Å². The number of ether oxygens (including phenoxy) is 4. The number of thioether (sulfide) groups is 1. The smallest absolute Gasteiger partial charge is 0.356 e. The fourth-order valence-electron chi connectivity index (χ4n) is 2.84. The van der Waals surface area contributed by atoms with E-state index in [0.29, 0.717) is 16.9 Å². The lowest BCUT2D eigenvalue weighted by atomic mass is 10.5. The van der Waals surface area contributed by atoms with E-state index in [4.69, 9.17) is 37.0 Å². The van der Waals surface area contributed by atoms with Crippen molar-refractivity contribution < 1.29 is 46.2 Å². The van der Waals surface area contributed by atoms with Gasteiger partial charge in [0.2, 0.25) is 11.8 Å². The summed E-state index contributed by atoms with van der Waals surface area (Å²) in [5.41, 5.74) is 0. The lowest BCUT2D eigenvalue weighted by molar-refractivity contribution is 0.0830. The van der Waals surface area contributed by atoms with Gasteiger partial charge in [0.25, 0.3) is 0 Å². The Bertz CT molecular complexity index is 811. The topological polar surface area (TPSA) is 134 Å². The maximum atomic E-state index is 12.8. The van der Waals surface area contributed by atoms with Crippen LogP contribution in [-0.4, -0.2) is 79.8 Å². The van der Waals surface area contributed by atoms with Gasteiger partial charge in [-0.3, -0.25) is 9.13 Å². The van der Waals surface area contributed by atoms with E-state index in [1.165, 1.54) is 11.8 Å². The number of nitrogens with zero attached hydrogens (tertiary/aromatic N) is 2. The highest BCUT2D eigenvalue weighted by Gasteiger charge is 2.29. The first-order chi connectivity index (χ1) is 17.8. The number of hydrogen-bond acceptors (Lipinski definition) is 13. The maximum Gasteiger partial charge on any atom is 0.356 e. The third-order valence-corrected chi connectivity index (χ3v) is 8.30. The Morgan fingerprint density at radius 1 is 0.658 bits per heavy atom. The molecule has 0 radical (unpaired) electrons. The fourth-order valence-corrected chi connectivity index (χ4v) is 6.82. The van der Waals surface area contributed by atoms with E-state index in [9.17, 15) is 9.13 Å². The lowest BCUT2D eigenvalue weighted by Crippen LogP contribution is -2.15. The first-order valence-electron chi connectivity index (χ1n) is 12.5. The molecule has 0 aliphatic rings. The normalized spacial score (nSPS) is 12.8. The molecular weight excluding hydrogens is 558 g/mol. The molecule has 0 aromatic carbocycles. The van der Waals surface area contributed by atoms with Crippen LogP contribution >= 0.6 is 27.0 Å². The van der Waals surface area contributed by atoms with E-state index in [0.717, 1.165) is 0 Å². The summed E-state index contributed by atoms with van der Waals surface area (Å²) in [5.74, 6) is 0.591. The first-order valence-corrected chi connectivity index (χ1v) is 17.2. The van der Waals surface area contributed by atoms with E-state index in [-0.39, 0.29) is 63.5 Å². The SMILES string of the molecule is CSc1nc(OCCOCP(=O)(OC(C)C)OC(C)C)cc(OCCOCP(=O)(OC(C)C)OC(C)C)n1. The van der Waals surface area contributed by atoms with Crippen LogP contribution in [0, 0.1) is 0 Å². The minimum Gasteiger partial charge on any atom is -0.475 e. The first kappa shape index (κ1) is 35.3. The average molecular weight is 603 g/mol. The number of hydrogen-bond donors (Lipinski definition) is 0. The van der Waals surface area contributed by atoms with Crippen LogP contribution in [0.5, 0.6) is 11.8 Å². The van der Waals surface area contributed by atoms with Crippen LogP contribution in [0.1, 0.15) is 55.4 Å². The Morgan fingerprint density at radius 3 is 1.29 bits per heavy atom. The molecule has 0 bridgehead atoms. The highest BCUT2D eigenvalue weighted by atomic mass is 32.2. The molecule has 0 amide bonds. The molecule has 0 saturated carbocycles. The van der Waals surface area contributed by atoms with Crippen LogP contribution in [0.15, 0.2) is 11.2 Å². The van der Waals surface area contributed by atoms with E-state index in [1.807, 2.05) is 6.26 Å². The van der Waals surface area contributed by atoms with Crippen LogP contribution in [-0.2, 0) is 36.7 Å². The predicted octanol–water partition coefficient (Wildman–Crippen LogP) is 5.99. The van der Waals surface area contributed by atoms with Gasteiger partial charge in [-0.05, 0) is 61.6 Å². The molecule has 0 spiro atoms. The van der Waals surface area contributed by atoms with Crippen LogP contribution in [0.2, 0.25) is 0 Å². The lowest BCUT2D eigenvalue weighted by Gasteiger charge is -2.22. The van der Waals surface area contributed by atoms with E-state index in [1.54, 1.807) is 61.5 Å². The van der Waals surface area contributed by atoms with Gasteiger partial charge in [-0.15, -0.1) is 0 Å². The summed E-state index contributed by atoms with van der Waals surface area (Å²) in [6.45, 7) is 14.9. The second-order valence-corrected chi connectivity index (χ2v) is 13.7. The molecule has 1 aromatic rings. The largest absolute Gasteiger partial charge is 0.475 e. The van der Waals surface area contributed by atoms with Gasteiger partial charge >= 0.3 is 15.2 Å². The van der Waals surface area contributed by atoms with Crippen LogP contribution < -0.4 is 9.47 Å². The van der Waals surface area contributed by atoms with E-state index < -0.39 is 15.2 Å². The summed E-state index contributed by atoms with van der Waals surface area (Å²) in [5, 5.41) is 0.458. The van der Waals surface area contributed by atoms with Gasteiger partial charge in [0.15, 0.2) is 5.16 Å². The van der Waals surface area contributed by atoms with Crippen molar-refractivity contribution in [2.75, 3.05) is 45.4 Å². The second-order valence-electron chi connectivity index (χ2n) is 9.14. The van der Waals surface area contributed by atoms with Gasteiger partial charge < -0.3 is 37.0 Å². The van der Waals surface area contributed by atoms with Gasteiger partial charge in [-0.2, -0.15) is 9.97 Å². The van der Waals surface area contributed by atoms with Crippen LogP contribution in [0.25, 0.3) is 0 Å². The Balaban J connectivity index is 2.55. The predicted molar refractivity (Wildman–Crippen MR) is 147 cm³/mol. The quantitative estimate of drug-likeness (QED) is 0.0706. The minimum atomic E-state index is -3.38. The second kappa shape index (κ2) is 17.8.